The molecule has 70 valence electrons. The summed E-state index contributed by atoms with van der Waals surface area (Å²) in [5.74, 6) is 0. The summed E-state index contributed by atoms with van der Waals surface area (Å²) < 4.78 is 0. The lowest BCUT2D eigenvalue weighted by Gasteiger charge is -2.25. The van der Waals surface area contributed by atoms with Gasteiger partial charge in [-0.3, -0.25) is 9.63 Å². The highest BCUT2D eigenvalue weighted by atomic mass is 16.6. The Morgan fingerprint density at radius 3 is 2.75 bits per heavy atom. The Labute approximate surface area is 72.8 Å². The van der Waals surface area contributed by atoms with Crippen LogP contribution in [0.25, 0.3) is 0 Å². The number of amides is 1. The van der Waals surface area contributed by atoms with Gasteiger partial charge in [-0.05, 0) is 25.9 Å². The first-order chi connectivity index (χ1) is 5.93. The molecule has 0 bridgehead atoms. The van der Waals surface area contributed by atoms with Gasteiger partial charge in [-0.25, -0.2) is 5.48 Å². The van der Waals surface area contributed by atoms with Crippen LogP contribution >= 0.6 is 0 Å². The van der Waals surface area contributed by atoms with Crippen LogP contribution in [0, 0.1) is 0 Å². The van der Waals surface area contributed by atoms with Gasteiger partial charge < -0.3 is 4.90 Å². The van der Waals surface area contributed by atoms with Gasteiger partial charge in [0, 0.05) is 6.54 Å². The van der Waals surface area contributed by atoms with E-state index in [4.69, 9.17) is 4.84 Å². The van der Waals surface area contributed by atoms with Crippen LogP contribution in [0.4, 0.5) is 0 Å². The summed E-state index contributed by atoms with van der Waals surface area (Å²) in [6, 6.07) is 0. The average molecular weight is 172 g/mol. The number of piperidine rings is 1. The number of nitrogens with one attached hydrogen (secondary N) is 1. The van der Waals surface area contributed by atoms with Crippen molar-refractivity contribution >= 4 is 6.41 Å². The lowest BCUT2D eigenvalue weighted by molar-refractivity contribution is -0.121. The first-order valence-electron chi connectivity index (χ1n) is 4.47. The number of hydrogen-bond acceptors (Lipinski definition) is 3. The van der Waals surface area contributed by atoms with Gasteiger partial charge in [0.15, 0.2) is 0 Å². The molecule has 0 aliphatic carbocycles. The Morgan fingerprint density at radius 1 is 1.33 bits per heavy atom. The smallest absolute Gasteiger partial charge is 0.230 e. The van der Waals surface area contributed by atoms with E-state index in [-0.39, 0.29) is 0 Å². The van der Waals surface area contributed by atoms with E-state index in [1.54, 1.807) is 0 Å². The molecular formula is C8H16N2O2. The number of carbonyl (C=O) groups excluding carboxylic acids is 1. The minimum absolute atomic E-state index is 0.552. The van der Waals surface area contributed by atoms with Crippen LogP contribution in [-0.2, 0) is 9.63 Å². The zero-order chi connectivity index (χ0) is 8.65. The molecule has 0 spiro atoms. The maximum absolute atomic E-state index is 9.81. The van der Waals surface area contributed by atoms with Crippen LogP contribution in [0.5, 0.6) is 0 Å². The number of carbonyl (C=O) groups is 1. The average Bonchev–Trinajstić information content (AvgIpc) is 2.14. The van der Waals surface area contributed by atoms with E-state index in [9.17, 15) is 4.79 Å². The second-order valence-corrected chi connectivity index (χ2v) is 2.99. The fourth-order valence-electron chi connectivity index (χ4n) is 1.45. The number of hydrogen-bond donors (Lipinski definition) is 1. The summed E-state index contributed by atoms with van der Waals surface area (Å²) in [4.78, 5) is 17.0. The van der Waals surface area contributed by atoms with Gasteiger partial charge in [0.05, 0.1) is 6.61 Å². The molecule has 1 heterocycles. The maximum Gasteiger partial charge on any atom is 0.230 e. The lowest BCUT2D eigenvalue weighted by atomic mass is 10.1. The molecule has 1 rings (SSSR count). The fraction of sp³-hybridized carbons (Fsp3) is 0.875. The van der Waals surface area contributed by atoms with Gasteiger partial charge in [0.25, 0.3) is 0 Å². The molecule has 0 aromatic carbocycles. The normalized spacial score (nSPS) is 19.0. The molecule has 1 N–H and O–H groups in total. The van der Waals surface area contributed by atoms with Crippen molar-refractivity contribution in [3.05, 3.63) is 0 Å². The largest absolute Gasteiger partial charge is 0.301 e. The monoisotopic (exact) mass is 172 g/mol. The zero-order valence-electron chi connectivity index (χ0n) is 7.29. The topological polar surface area (TPSA) is 41.6 Å². The summed E-state index contributed by atoms with van der Waals surface area (Å²) in [5, 5.41) is 0. The van der Waals surface area contributed by atoms with Gasteiger partial charge >= 0.3 is 0 Å². The van der Waals surface area contributed by atoms with E-state index < -0.39 is 0 Å². The highest BCUT2D eigenvalue weighted by Crippen LogP contribution is 2.07. The summed E-state index contributed by atoms with van der Waals surface area (Å²) in [6.45, 7) is 3.84. The molecule has 1 amide bonds. The third-order valence-electron chi connectivity index (χ3n) is 2.09. The number of rotatable bonds is 5. The summed E-state index contributed by atoms with van der Waals surface area (Å²) >= 11 is 0. The van der Waals surface area contributed by atoms with Crippen molar-refractivity contribution in [2.45, 2.75) is 19.3 Å². The summed E-state index contributed by atoms with van der Waals surface area (Å²) in [6.07, 6.45) is 4.49. The van der Waals surface area contributed by atoms with Crippen molar-refractivity contribution < 1.29 is 9.63 Å². The highest BCUT2D eigenvalue weighted by molar-refractivity contribution is 5.43. The van der Waals surface area contributed by atoms with E-state index in [0.29, 0.717) is 13.0 Å². The van der Waals surface area contributed by atoms with Crippen LogP contribution in [-0.4, -0.2) is 37.6 Å². The zero-order valence-corrected chi connectivity index (χ0v) is 7.29. The van der Waals surface area contributed by atoms with Crippen LogP contribution in [0.15, 0.2) is 0 Å². The predicted octanol–water partition coefficient (Wildman–Crippen LogP) is 0.150. The molecule has 0 unspecified atom stereocenters. The SMILES string of the molecule is O=CNOCCN1CCCCC1. The minimum Gasteiger partial charge on any atom is -0.301 e. The third kappa shape index (κ3) is 3.69. The Hall–Kier alpha value is -0.610. The molecule has 1 aliphatic heterocycles. The molecule has 4 nitrogen and oxygen atoms in total. The molecule has 0 saturated carbocycles. The van der Waals surface area contributed by atoms with Crippen LogP contribution in [0.2, 0.25) is 0 Å². The van der Waals surface area contributed by atoms with Gasteiger partial charge in [-0.1, -0.05) is 6.42 Å². The Kier molecular flexibility index (Phi) is 4.71. The molecule has 1 fully saturated rings. The summed E-state index contributed by atoms with van der Waals surface area (Å²) in [7, 11) is 0. The first-order valence-corrected chi connectivity index (χ1v) is 4.47. The Morgan fingerprint density at radius 2 is 2.08 bits per heavy atom. The van der Waals surface area contributed by atoms with E-state index in [1.165, 1.54) is 32.4 Å². The van der Waals surface area contributed by atoms with Crippen molar-refractivity contribution in [3.8, 4) is 0 Å². The predicted molar refractivity (Wildman–Crippen MR) is 45.4 cm³/mol. The van der Waals surface area contributed by atoms with Crippen molar-refractivity contribution in [2.75, 3.05) is 26.2 Å². The molecule has 0 aromatic heterocycles. The van der Waals surface area contributed by atoms with Crippen molar-refractivity contribution in [1.29, 1.82) is 0 Å². The van der Waals surface area contributed by atoms with E-state index in [2.05, 4.69) is 10.4 Å². The number of hydroxylamine groups is 1. The van der Waals surface area contributed by atoms with Gasteiger partial charge in [0.2, 0.25) is 6.41 Å². The van der Waals surface area contributed by atoms with Gasteiger partial charge in [-0.2, -0.15) is 0 Å². The number of nitrogens with zero attached hydrogens (tertiary/aromatic N) is 1. The second-order valence-electron chi connectivity index (χ2n) is 2.99. The Balaban J connectivity index is 1.94. The van der Waals surface area contributed by atoms with Crippen LogP contribution < -0.4 is 5.48 Å². The van der Waals surface area contributed by atoms with Crippen LogP contribution in [0.1, 0.15) is 19.3 Å². The van der Waals surface area contributed by atoms with Crippen LogP contribution in [0.3, 0.4) is 0 Å². The standard InChI is InChI=1S/C8H16N2O2/c11-8-9-12-7-6-10-4-2-1-3-5-10/h8H,1-7H2,(H,9,11). The first kappa shape index (κ1) is 9.48. The van der Waals surface area contributed by atoms with Gasteiger partial charge in [-0.15, -0.1) is 0 Å². The molecule has 0 radical (unpaired) electrons. The number of likely N-dealkylation sites (tertiary alicyclic amines) is 1. The Bertz CT molecular complexity index is 124. The molecule has 0 atom stereocenters. The van der Waals surface area contributed by atoms with E-state index in [1.807, 2.05) is 0 Å². The highest BCUT2D eigenvalue weighted by Gasteiger charge is 2.08. The summed E-state index contributed by atoms with van der Waals surface area (Å²) in [5.41, 5.74) is 2.18. The minimum atomic E-state index is 0.552. The molecule has 4 heteroatoms. The molecule has 1 saturated heterocycles. The molecular weight excluding hydrogens is 156 g/mol. The fourth-order valence-corrected chi connectivity index (χ4v) is 1.45. The maximum atomic E-state index is 9.81. The molecule has 12 heavy (non-hydrogen) atoms. The lowest BCUT2D eigenvalue weighted by Crippen LogP contribution is -2.33. The van der Waals surface area contributed by atoms with Crippen molar-refractivity contribution in [2.24, 2.45) is 0 Å². The van der Waals surface area contributed by atoms with Crippen molar-refractivity contribution in [1.82, 2.24) is 10.4 Å². The quantitative estimate of drug-likeness (QED) is 0.364. The molecule has 1 aliphatic rings. The van der Waals surface area contributed by atoms with E-state index >= 15 is 0 Å². The third-order valence-corrected chi connectivity index (χ3v) is 2.09. The molecule has 0 aromatic rings. The van der Waals surface area contributed by atoms with Gasteiger partial charge in [0.1, 0.15) is 0 Å². The van der Waals surface area contributed by atoms with Crippen molar-refractivity contribution in [3.63, 3.8) is 0 Å². The van der Waals surface area contributed by atoms with E-state index in [0.717, 1.165) is 6.54 Å². The second kappa shape index (κ2) is 5.97.